The van der Waals surface area contributed by atoms with Crippen LogP contribution in [-0.2, 0) is 4.79 Å². The molecule has 2 aliphatic rings. The van der Waals surface area contributed by atoms with Gasteiger partial charge in [-0.15, -0.1) is 0 Å². The van der Waals surface area contributed by atoms with Crippen molar-refractivity contribution in [1.29, 1.82) is 0 Å². The normalized spacial score (nSPS) is 39.8. The highest BCUT2D eigenvalue weighted by Gasteiger charge is 2.45. The first-order valence-corrected chi connectivity index (χ1v) is 4.34. The van der Waals surface area contributed by atoms with E-state index in [1.807, 2.05) is 0 Å². The van der Waals surface area contributed by atoms with E-state index in [2.05, 4.69) is 12.4 Å². The molecule has 2 atom stereocenters. The van der Waals surface area contributed by atoms with Crippen LogP contribution >= 0.6 is 0 Å². The van der Waals surface area contributed by atoms with Crippen molar-refractivity contribution in [3.8, 4) is 0 Å². The molecule has 0 saturated carbocycles. The van der Waals surface area contributed by atoms with Crippen molar-refractivity contribution in [3.05, 3.63) is 0 Å². The summed E-state index contributed by atoms with van der Waals surface area (Å²) in [5.41, 5.74) is 0. The number of rotatable bonds is 0. The van der Waals surface area contributed by atoms with E-state index in [0.29, 0.717) is 0 Å². The number of nitrogens with one attached hydrogen (secondary N) is 1. The molecule has 2 rings (SSSR count). The topological polar surface area (TPSA) is 29.1 Å². The van der Waals surface area contributed by atoms with Crippen LogP contribution in [0.4, 0.5) is 0 Å². The molecule has 3 nitrogen and oxygen atoms in total. The minimum Gasteiger partial charge on any atom is -1.00 e. The predicted molar refractivity (Wildman–Crippen MR) is 42.0 cm³/mol. The SMILES string of the molecule is C[N+]12CCCC1C(=O)NCC2.[I-]. The number of fused-ring (bicyclic) bond motifs is 1. The Labute approximate surface area is 90.1 Å². The van der Waals surface area contributed by atoms with Gasteiger partial charge in [0.05, 0.1) is 26.7 Å². The van der Waals surface area contributed by atoms with Gasteiger partial charge in [0.2, 0.25) is 0 Å². The summed E-state index contributed by atoms with van der Waals surface area (Å²) in [6.07, 6.45) is 2.30. The van der Waals surface area contributed by atoms with Crippen molar-refractivity contribution in [2.45, 2.75) is 18.9 Å². The van der Waals surface area contributed by atoms with Gasteiger partial charge in [0.25, 0.3) is 5.91 Å². The number of carbonyl (C=O) groups excluding carboxylic acids is 1. The molecule has 4 heteroatoms. The van der Waals surface area contributed by atoms with Gasteiger partial charge in [-0.25, -0.2) is 0 Å². The van der Waals surface area contributed by atoms with Crippen LogP contribution in [0.15, 0.2) is 0 Å². The highest BCUT2D eigenvalue weighted by Crippen LogP contribution is 2.26. The zero-order valence-electron chi connectivity index (χ0n) is 7.35. The monoisotopic (exact) mass is 282 g/mol. The van der Waals surface area contributed by atoms with E-state index < -0.39 is 0 Å². The fraction of sp³-hybridized carbons (Fsp3) is 0.875. The third kappa shape index (κ3) is 1.46. The molecule has 2 aliphatic heterocycles. The molecule has 0 aromatic heterocycles. The number of halogens is 1. The minimum absolute atomic E-state index is 0. The summed E-state index contributed by atoms with van der Waals surface area (Å²) in [4.78, 5) is 11.4. The van der Waals surface area contributed by atoms with Crippen molar-refractivity contribution in [2.24, 2.45) is 0 Å². The number of hydrogen-bond acceptors (Lipinski definition) is 1. The third-order valence-corrected chi connectivity index (χ3v) is 3.12. The Morgan fingerprint density at radius 2 is 2.25 bits per heavy atom. The first-order valence-electron chi connectivity index (χ1n) is 4.34. The third-order valence-electron chi connectivity index (χ3n) is 3.12. The van der Waals surface area contributed by atoms with Gasteiger partial charge < -0.3 is 33.8 Å². The van der Waals surface area contributed by atoms with Crippen molar-refractivity contribution in [2.75, 3.05) is 26.7 Å². The van der Waals surface area contributed by atoms with Gasteiger partial charge in [-0.3, -0.25) is 4.79 Å². The van der Waals surface area contributed by atoms with E-state index in [1.54, 1.807) is 0 Å². The van der Waals surface area contributed by atoms with Gasteiger partial charge in [-0.1, -0.05) is 0 Å². The maximum atomic E-state index is 11.4. The predicted octanol–water partition coefficient (Wildman–Crippen LogP) is -3.27. The second kappa shape index (κ2) is 3.49. The molecule has 2 heterocycles. The number of piperazine rings is 1. The average Bonchev–Trinajstić information content (AvgIpc) is 2.31. The van der Waals surface area contributed by atoms with E-state index >= 15 is 0 Å². The fourth-order valence-corrected chi connectivity index (χ4v) is 2.35. The van der Waals surface area contributed by atoms with Crippen LogP contribution in [0, 0.1) is 0 Å². The maximum absolute atomic E-state index is 11.4. The first-order chi connectivity index (χ1) is 5.22. The molecule has 2 fully saturated rings. The molecule has 0 aromatic rings. The van der Waals surface area contributed by atoms with E-state index in [4.69, 9.17) is 0 Å². The van der Waals surface area contributed by atoms with Crippen LogP contribution in [0.1, 0.15) is 12.8 Å². The average molecular weight is 282 g/mol. The Hall–Kier alpha value is 0.160. The van der Waals surface area contributed by atoms with Gasteiger partial charge in [-0.2, -0.15) is 0 Å². The number of amides is 1. The zero-order chi connectivity index (χ0) is 7.90. The molecular formula is C8H15IN2O. The lowest BCUT2D eigenvalue weighted by Gasteiger charge is -2.38. The Kier molecular flexibility index (Phi) is 2.98. The van der Waals surface area contributed by atoms with Crippen LogP contribution < -0.4 is 29.3 Å². The molecule has 1 N–H and O–H groups in total. The summed E-state index contributed by atoms with van der Waals surface area (Å²) < 4.78 is 0.992. The molecule has 2 saturated heterocycles. The van der Waals surface area contributed by atoms with Crippen molar-refractivity contribution in [3.63, 3.8) is 0 Å². The van der Waals surface area contributed by atoms with Crippen LogP contribution in [-0.4, -0.2) is 43.1 Å². The summed E-state index contributed by atoms with van der Waals surface area (Å²) in [6, 6.07) is 0.267. The minimum atomic E-state index is 0. The largest absolute Gasteiger partial charge is 1.00 e. The molecule has 0 bridgehead atoms. The van der Waals surface area contributed by atoms with Crippen molar-refractivity contribution in [1.82, 2.24) is 5.32 Å². The van der Waals surface area contributed by atoms with E-state index in [-0.39, 0.29) is 35.9 Å². The molecule has 1 amide bonds. The quantitative estimate of drug-likeness (QED) is 0.367. The lowest BCUT2D eigenvalue weighted by molar-refractivity contribution is -0.913. The van der Waals surface area contributed by atoms with Crippen LogP contribution in [0.5, 0.6) is 0 Å². The summed E-state index contributed by atoms with van der Waals surface area (Å²) in [5, 5.41) is 2.92. The number of hydrogen-bond donors (Lipinski definition) is 1. The number of likely N-dealkylation sites (N-methyl/N-ethyl adjacent to an activating group) is 1. The van der Waals surface area contributed by atoms with E-state index in [9.17, 15) is 4.79 Å². The van der Waals surface area contributed by atoms with Crippen LogP contribution in [0.2, 0.25) is 0 Å². The summed E-state index contributed by atoms with van der Waals surface area (Å²) in [5.74, 6) is 0.274. The number of carbonyl (C=O) groups is 1. The number of nitrogens with zero attached hydrogens (tertiary/aromatic N) is 1. The van der Waals surface area contributed by atoms with Gasteiger partial charge >= 0.3 is 0 Å². The highest BCUT2D eigenvalue weighted by molar-refractivity contribution is 5.81. The first kappa shape index (κ1) is 10.2. The van der Waals surface area contributed by atoms with Gasteiger partial charge in [0.1, 0.15) is 0 Å². The van der Waals surface area contributed by atoms with Crippen LogP contribution in [0.25, 0.3) is 0 Å². The molecule has 0 radical (unpaired) electrons. The second-order valence-electron chi connectivity index (χ2n) is 3.88. The standard InChI is InChI=1S/C8H14N2O.HI/c1-10-5-2-3-7(10)8(11)9-4-6-10;/h7H,2-6H2,1H3;1H. The Balaban J connectivity index is 0.000000720. The molecule has 12 heavy (non-hydrogen) atoms. The van der Waals surface area contributed by atoms with Crippen LogP contribution in [0.3, 0.4) is 0 Å². The number of quaternary nitrogens is 1. The molecule has 0 aliphatic carbocycles. The summed E-state index contributed by atoms with van der Waals surface area (Å²) in [7, 11) is 2.20. The lowest BCUT2D eigenvalue weighted by Crippen LogP contribution is -3.00. The Morgan fingerprint density at radius 1 is 1.50 bits per heavy atom. The lowest BCUT2D eigenvalue weighted by atomic mass is 10.1. The van der Waals surface area contributed by atoms with E-state index in [1.165, 1.54) is 13.0 Å². The molecular weight excluding hydrogens is 267 g/mol. The highest BCUT2D eigenvalue weighted by atomic mass is 127. The second-order valence-corrected chi connectivity index (χ2v) is 3.88. The smallest absolute Gasteiger partial charge is 0.278 e. The van der Waals surface area contributed by atoms with E-state index in [0.717, 1.165) is 24.0 Å². The summed E-state index contributed by atoms with van der Waals surface area (Å²) in [6.45, 7) is 3.18. The fourth-order valence-electron chi connectivity index (χ4n) is 2.35. The Morgan fingerprint density at radius 3 is 2.92 bits per heavy atom. The molecule has 70 valence electrons. The van der Waals surface area contributed by atoms with Crippen molar-refractivity contribution >= 4 is 5.91 Å². The van der Waals surface area contributed by atoms with Gasteiger partial charge in [0, 0.05) is 12.8 Å². The maximum Gasteiger partial charge on any atom is 0.278 e. The molecule has 0 spiro atoms. The molecule has 2 unspecified atom stereocenters. The van der Waals surface area contributed by atoms with Gasteiger partial charge in [0.15, 0.2) is 6.04 Å². The molecule has 0 aromatic carbocycles. The Bertz CT molecular complexity index is 197. The van der Waals surface area contributed by atoms with Gasteiger partial charge in [-0.05, 0) is 0 Å². The zero-order valence-corrected chi connectivity index (χ0v) is 9.50. The summed E-state index contributed by atoms with van der Waals surface area (Å²) >= 11 is 0. The van der Waals surface area contributed by atoms with Crippen molar-refractivity contribution < 1.29 is 33.3 Å².